The zero-order valence-electron chi connectivity index (χ0n) is 17.7. The Morgan fingerprint density at radius 2 is 1.80 bits per heavy atom. The Morgan fingerprint density at radius 3 is 2.43 bits per heavy atom. The van der Waals surface area contributed by atoms with Crippen molar-refractivity contribution in [1.29, 1.82) is 0 Å². The van der Waals surface area contributed by atoms with E-state index in [0.29, 0.717) is 12.5 Å². The van der Waals surface area contributed by atoms with Crippen LogP contribution in [-0.2, 0) is 11.2 Å². The van der Waals surface area contributed by atoms with Crippen LogP contribution in [0.3, 0.4) is 0 Å². The van der Waals surface area contributed by atoms with Gasteiger partial charge in [-0.3, -0.25) is 9.78 Å². The van der Waals surface area contributed by atoms with Crippen LogP contribution >= 0.6 is 0 Å². The molecule has 2 aromatic carbocycles. The van der Waals surface area contributed by atoms with E-state index in [1.165, 1.54) is 24.1 Å². The van der Waals surface area contributed by atoms with Gasteiger partial charge in [-0.2, -0.15) is 0 Å². The van der Waals surface area contributed by atoms with Crippen molar-refractivity contribution < 1.29 is 4.79 Å². The summed E-state index contributed by atoms with van der Waals surface area (Å²) < 4.78 is 0. The first-order valence-electron chi connectivity index (χ1n) is 10.8. The monoisotopic (exact) mass is 399 g/mol. The van der Waals surface area contributed by atoms with E-state index < -0.39 is 0 Å². The number of carbonyl (C=O) groups is 1. The number of nitrogens with one attached hydrogen (secondary N) is 1. The van der Waals surface area contributed by atoms with E-state index in [1.807, 2.05) is 49.5 Å². The first kappa shape index (κ1) is 20.1. The number of pyridine rings is 1. The van der Waals surface area contributed by atoms with Gasteiger partial charge in [-0.15, -0.1) is 0 Å². The van der Waals surface area contributed by atoms with Gasteiger partial charge in [0, 0.05) is 12.6 Å². The Hall–Kier alpha value is -3.14. The van der Waals surface area contributed by atoms with E-state index in [-0.39, 0.29) is 11.9 Å². The second-order valence-electron chi connectivity index (χ2n) is 8.15. The number of hydrogen-bond donors (Lipinski definition) is 1. The van der Waals surface area contributed by atoms with E-state index in [1.54, 1.807) is 0 Å². The molecule has 1 amide bonds. The number of aromatic nitrogens is 1. The summed E-state index contributed by atoms with van der Waals surface area (Å²) in [4.78, 5) is 19.5. The van der Waals surface area contributed by atoms with Gasteiger partial charge < -0.3 is 10.2 Å². The Balaban J connectivity index is 1.33. The van der Waals surface area contributed by atoms with Crippen LogP contribution in [0.4, 0.5) is 5.69 Å². The maximum Gasteiger partial charge on any atom is 0.224 e. The van der Waals surface area contributed by atoms with Gasteiger partial charge in [0.1, 0.15) is 0 Å². The topological polar surface area (TPSA) is 45.2 Å². The van der Waals surface area contributed by atoms with Gasteiger partial charge in [0.2, 0.25) is 5.91 Å². The molecule has 1 aliphatic rings. The molecule has 1 N–H and O–H groups in total. The van der Waals surface area contributed by atoms with Gasteiger partial charge in [-0.05, 0) is 55.5 Å². The summed E-state index contributed by atoms with van der Waals surface area (Å²) in [7, 11) is 0. The molecule has 4 rings (SSSR count). The quantitative estimate of drug-likeness (QED) is 0.623. The molecule has 1 saturated heterocycles. The summed E-state index contributed by atoms with van der Waals surface area (Å²) in [6.07, 6.45) is 4.77. The highest BCUT2D eigenvalue weighted by Gasteiger charge is 2.21. The number of rotatable bonds is 6. The third-order valence-corrected chi connectivity index (χ3v) is 5.90. The first-order chi connectivity index (χ1) is 14.6. The predicted octanol–water partition coefficient (Wildman–Crippen LogP) is 5.16. The summed E-state index contributed by atoms with van der Waals surface area (Å²) in [5, 5.41) is 3.07. The third kappa shape index (κ3) is 4.70. The SMILES string of the molecule is CC(NC(=O)Cc1ccc(-c2ccccc2)cc1)c1ccc(N2CCCC2C)cn1. The zero-order chi connectivity index (χ0) is 20.9. The van der Waals surface area contributed by atoms with Gasteiger partial charge in [-0.25, -0.2) is 0 Å². The van der Waals surface area contributed by atoms with E-state index in [4.69, 9.17) is 0 Å². The minimum absolute atomic E-state index is 0.00834. The fourth-order valence-electron chi connectivity index (χ4n) is 4.14. The molecule has 2 unspecified atom stereocenters. The average Bonchev–Trinajstić information content (AvgIpc) is 3.21. The highest BCUT2D eigenvalue weighted by Crippen LogP contribution is 2.25. The predicted molar refractivity (Wildman–Crippen MR) is 122 cm³/mol. The highest BCUT2D eigenvalue weighted by molar-refractivity contribution is 5.79. The average molecular weight is 400 g/mol. The minimum atomic E-state index is -0.119. The molecule has 1 aliphatic heterocycles. The number of anilines is 1. The van der Waals surface area contributed by atoms with Crippen LogP contribution in [-0.4, -0.2) is 23.5 Å². The van der Waals surface area contributed by atoms with Gasteiger partial charge in [0.05, 0.1) is 30.0 Å². The normalized spacial score (nSPS) is 17.0. The van der Waals surface area contributed by atoms with Crippen LogP contribution < -0.4 is 10.2 Å². The zero-order valence-corrected chi connectivity index (χ0v) is 17.7. The number of amides is 1. The molecular weight excluding hydrogens is 370 g/mol. The summed E-state index contributed by atoms with van der Waals surface area (Å²) in [5.41, 5.74) is 5.40. The van der Waals surface area contributed by atoms with Crippen molar-refractivity contribution in [3.63, 3.8) is 0 Å². The highest BCUT2D eigenvalue weighted by atomic mass is 16.1. The van der Waals surface area contributed by atoms with E-state index in [9.17, 15) is 4.79 Å². The minimum Gasteiger partial charge on any atom is -0.368 e. The van der Waals surface area contributed by atoms with Gasteiger partial charge >= 0.3 is 0 Å². The molecule has 0 aliphatic carbocycles. The molecule has 1 fully saturated rings. The largest absolute Gasteiger partial charge is 0.368 e. The fraction of sp³-hybridized carbons (Fsp3) is 0.308. The van der Waals surface area contributed by atoms with Crippen LogP contribution in [0, 0.1) is 0 Å². The summed E-state index contributed by atoms with van der Waals surface area (Å²) in [5.74, 6) is 0.00834. The molecule has 30 heavy (non-hydrogen) atoms. The van der Waals surface area contributed by atoms with Crippen molar-refractivity contribution in [3.05, 3.63) is 84.2 Å². The van der Waals surface area contributed by atoms with Gasteiger partial charge in [-0.1, -0.05) is 54.6 Å². The molecule has 154 valence electrons. The molecule has 0 saturated carbocycles. The molecule has 0 radical (unpaired) electrons. The van der Waals surface area contributed by atoms with Crippen LogP contribution in [0.1, 0.15) is 44.0 Å². The van der Waals surface area contributed by atoms with Crippen molar-refractivity contribution in [3.8, 4) is 11.1 Å². The van der Waals surface area contributed by atoms with Crippen molar-refractivity contribution in [1.82, 2.24) is 10.3 Å². The lowest BCUT2D eigenvalue weighted by Crippen LogP contribution is -2.29. The fourth-order valence-corrected chi connectivity index (χ4v) is 4.14. The molecule has 2 atom stereocenters. The maximum absolute atomic E-state index is 12.5. The molecular formula is C26H29N3O. The first-order valence-corrected chi connectivity index (χ1v) is 10.8. The Bertz CT molecular complexity index is 967. The lowest BCUT2D eigenvalue weighted by Gasteiger charge is -2.24. The van der Waals surface area contributed by atoms with Gasteiger partial charge in [0.25, 0.3) is 0 Å². The lowest BCUT2D eigenvalue weighted by atomic mass is 10.0. The lowest BCUT2D eigenvalue weighted by molar-refractivity contribution is -0.121. The van der Waals surface area contributed by atoms with Crippen LogP contribution in [0.5, 0.6) is 0 Å². The second-order valence-corrected chi connectivity index (χ2v) is 8.15. The van der Waals surface area contributed by atoms with Crippen LogP contribution in [0.15, 0.2) is 72.9 Å². The standard InChI is InChI=1S/C26H29N3O/c1-19-7-6-16-29(19)24-14-15-25(27-18-24)20(2)28-26(30)17-21-10-12-23(13-11-21)22-8-4-3-5-9-22/h3-5,8-15,18-20H,6-7,16-17H2,1-2H3,(H,28,30). The van der Waals surface area contributed by atoms with E-state index in [2.05, 4.69) is 52.5 Å². The van der Waals surface area contributed by atoms with Crippen molar-refractivity contribution in [2.45, 2.75) is 45.2 Å². The number of hydrogen-bond acceptors (Lipinski definition) is 3. The van der Waals surface area contributed by atoms with E-state index in [0.717, 1.165) is 23.4 Å². The smallest absolute Gasteiger partial charge is 0.224 e. The number of nitrogens with zero attached hydrogens (tertiary/aromatic N) is 2. The summed E-state index contributed by atoms with van der Waals surface area (Å²) in [6.45, 7) is 5.34. The molecule has 1 aromatic heterocycles. The van der Waals surface area contributed by atoms with Crippen LogP contribution in [0.2, 0.25) is 0 Å². The second kappa shape index (κ2) is 9.12. The van der Waals surface area contributed by atoms with Crippen molar-refractivity contribution >= 4 is 11.6 Å². The number of carbonyl (C=O) groups excluding carboxylic acids is 1. The third-order valence-electron chi connectivity index (χ3n) is 5.90. The molecule has 0 bridgehead atoms. The van der Waals surface area contributed by atoms with E-state index >= 15 is 0 Å². The summed E-state index contributed by atoms with van der Waals surface area (Å²) in [6, 6.07) is 23.0. The Kier molecular flexibility index (Phi) is 6.12. The molecule has 2 heterocycles. The molecule has 0 spiro atoms. The number of benzene rings is 2. The van der Waals surface area contributed by atoms with Crippen LogP contribution in [0.25, 0.3) is 11.1 Å². The van der Waals surface area contributed by atoms with Crippen molar-refractivity contribution in [2.75, 3.05) is 11.4 Å². The molecule has 3 aromatic rings. The Morgan fingerprint density at radius 1 is 1.07 bits per heavy atom. The van der Waals surface area contributed by atoms with Crippen molar-refractivity contribution in [2.24, 2.45) is 0 Å². The Labute approximate surface area is 179 Å². The molecule has 4 heteroatoms. The maximum atomic E-state index is 12.5. The van der Waals surface area contributed by atoms with Gasteiger partial charge in [0.15, 0.2) is 0 Å². The molecule has 4 nitrogen and oxygen atoms in total. The summed E-state index contributed by atoms with van der Waals surface area (Å²) >= 11 is 0.